The number of ether oxygens (including phenoxy) is 1. The van der Waals surface area contributed by atoms with Gasteiger partial charge in [0.1, 0.15) is 16.7 Å². The summed E-state index contributed by atoms with van der Waals surface area (Å²) in [6, 6.07) is 17.7. The van der Waals surface area contributed by atoms with Gasteiger partial charge in [-0.05, 0) is 66.3 Å². The van der Waals surface area contributed by atoms with Crippen molar-refractivity contribution in [3.63, 3.8) is 0 Å². The average molecular weight is 469 g/mol. The Morgan fingerprint density at radius 2 is 1.84 bits per heavy atom. The van der Waals surface area contributed by atoms with Crippen LogP contribution in [0.5, 0.6) is 11.5 Å². The van der Waals surface area contributed by atoms with Crippen LogP contribution in [0.1, 0.15) is 27.7 Å². The molecule has 0 spiro atoms. The highest BCUT2D eigenvalue weighted by atomic mass is 35.5. The Balaban J connectivity index is 1.33. The molecule has 2 heterocycles. The maximum absolute atomic E-state index is 12.8. The number of hydrogen-bond donors (Lipinski definition) is 2. The Morgan fingerprint density at radius 3 is 2.53 bits per heavy atom. The summed E-state index contributed by atoms with van der Waals surface area (Å²) >= 11 is 7.49. The van der Waals surface area contributed by atoms with Crippen LogP contribution in [0.2, 0.25) is 5.02 Å². The summed E-state index contributed by atoms with van der Waals surface area (Å²) in [6.07, 6.45) is 2.27. The van der Waals surface area contributed by atoms with E-state index >= 15 is 0 Å². The highest BCUT2D eigenvalue weighted by Crippen LogP contribution is 2.33. The number of thioether (sulfide) groups is 1. The number of nitrogens with zero attached hydrogens (tertiary/aromatic N) is 2. The van der Waals surface area contributed by atoms with Crippen LogP contribution in [0.15, 0.2) is 66.9 Å². The van der Waals surface area contributed by atoms with Crippen molar-refractivity contribution < 1.29 is 14.3 Å². The zero-order valence-corrected chi connectivity index (χ0v) is 18.6. The molecule has 3 aromatic rings. The third kappa shape index (κ3) is 5.77. The molecule has 0 unspecified atom stereocenters. The van der Waals surface area contributed by atoms with Crippen molar-refractivity contribution in [2.45, 2.75) is 17.7 Å². The Hall–Kier alpha value is -3.10. The summed E-state index contributed by atoms with van der Waals surface area (Å²) in [7, 11) is 0. The number of hydrogen-bond acceptors (Lipinski definition) is 6. The summed E-state index contributed by atoms with van der Waals surface area (Å²) < 4.78 is 5.82. The van der Waals surface area contributed by atoms with Crippen molar-refractivity contribution in [2.24, 2.45) is 0 Å². The normalized spacial score (nSPS) is 18.3. The van der Waals surface area contributed by atoms with E-state index in [0.29, 0.717) is 23.1 Å². The van der Waals surface area contributed by atoms with E-state index in [1.165, 1.54) is 6.20 Å². The molecule has 2 N–H and O–H groups in total. The molecule has 0 radical (unpaired) electrons. The standard InChI is InChI=1S/C23H21ClN4O3S/c24-16-5-9-19(10-6-16)31-18-7-3-15(4-8-18)21-23(30)27-17(11-13-32-21)14-25-22(29)20-2-1-12-26-28-20/h1-10,12,17,21H,11,13-14H2,(H,25,29)(H,27,30)/t17-,21+/m0/s1. The van der Waals surface area contributed by atoms with E-state index in [9.17, 15) is 9.59 Å². The van der Waals surface area contributed by atoms with Crippen molar-refractivity contribution >= 4 is 35.2 Å². The van der Waals surface area contributed by atoms with Gasteiger partial charge in [-0.2, -0.15) is 5.10 Å². The monoisotopic (exact) mass is 468 g/mol. The maximum Gasteiger partial charge on any atom is 0.271 e. The maximum atomic E-state index is 12.8. The first-order valence-corrected chi connectivity index (χ1v) is 11.5. The second kappa shape index (κ2) is 10.5. The number of halogens is 1. The van der Waals surface area contributed by atoms with Gasteiger partial charge in [0.15, 0.2) is 5.69 Å². The van der Waals surface area contributed by atoms with Gasteiger partial charge in [-0.15, -0.1) is 16.9 Å². The second-order valence-corrected chi connectivity index (χ2v) is 8.84. The van der Waals surface area contributed by atoms with Crippen LogP contribution >= 0.6 is 23.4 Å². The molecule has 164 valence electrons. The summed E-state index contributed by atoms with van der Waals surface area (Å²) in [6.45, 7) is 0.336. The zero-order valence-electron chi connectivity index (χ0n) is 17.0. The van der Waals surface area contributed by atoms with Gasteiger partial charge in [0, 0.05) is 23.8 Å². The quantitative estimate of drug-likeness (QED) is 0.567. The van der Waals surface area contributed by atoms with Crippen LogP contribution in [0.4, 0.5) is 0 Å². The van der Waals surface area contributed by atoms with E-state index < -0.39 is 0 Å². The molecule has 4 rings (SSSR count). The molecule has 0 bridgehead atoms. The molecule has 2 aromatic carbocycles. The fourth-order valence-electron chi connectivity index (χ4n) is 3.23. The first-order valence-electron chi connectivity index (χ1n) is 10.1. The number of aromatic nitrogens is 2. The molecule has 2 amide bonds. The molecule has 2 atom stereocenters. The molecule has 1 aliphatic heterocycles. The van der Waals surface area contributed by atoms with Gasteiger partial charge < -0.3 is 15.4 Å². The van der Waals surface area contributed by atoms with E-state index in [0.717, 1.165) is 17.7 Å². The largest absolute Gasteiger partial charge is 0.457 e. The summed E-state index contributed by atoms with van der Waals surface area (Å²) in [5.41, 5.74) is 1.15. The topological polar surface area (TPSA) is 93.2 Å². The predicted octanol–water partition coefficient (Wildman–Crippen LogP) is 4.02. The molecule has 1 aliphatic rings. The molecular formula is C23H21ClN4O3S. The molecule has 0 saturated carbocycles. The molecular weight excluding hydrogens is 448 g/mol. The van der Waals surface area contributed by atoms with E-state index in [1.807, 2.05) is 24.3 Å². The van der Waals surface area contributed by atoms with Crippen LogP contribution in [-0.2, 0) is 4.79 Å². The lowest BCUT2D eigenvalue weighted by molar-refractivity contribution is -0.121. The lowest BCUT2D eigenvalue weighted by Gasteiger charge is -2.18. The van der Waals surface area contributed by atoms with Crippen molar-refractivity contribution in [1.82, 2.24) is 20.8 Å². The summed E-state index contributed by atoms with van der Waals surface area (Å²) in [5, 5.41) is 13.7. The number of carbonyl (C=O) groups excluding carboxylic acids is 2. The van der Waals surface area contributed by atoms with Gasteiger partial charge in [0.25, 0.3) is 5.91 Å². The van der Waals surface area contributed by atoms with Gasteiger partial charge in [0.2, 0.25) is 5.91 Å². The number of benzene rings is 2. The van der Waals surface area contributed by atoms with E-state index in [2.05, 4.69) is 20.8 Å². The first-order chi connectivity index (χ1) is 15.6. The number of rotatable bonds is 6. The second-order valence-electron chi connectivity index (χ2n) is 7.19. The Kier molecular flexibility index (Phi) is 7.24. The van der Waals surface area contributed by atoms with Crippen molar-refractivity contribution in [3.8, 4) is 11.5 Å². The number of nitrogens with one attached hydrogen (secondary N) is 2. The highest BCUT2D eigenvalue weighted by Gasteiger charge is 2.27. The number of amides is 2. The van der Waals surface area contributed by atoms with Gasteiger partial charge in [0.05, 0.1) is 0 Å². The number of carbonyl (C=O) groups is 2. The predicted molar refractivity (Wildman–Crippen MR) is 124 cm³/mol. The van der Waals surface area contributed by atoms with E-state index in [1.54, 1.807) is 48.2 Å². The van der Waals surface area contributed by atoms with Crippen LogP contribution in [0, 0.1) is 0 Å². The third-order valence-electron chi connectivity index (χ3n) is 4.88. The van der Waals surface area contributed by atoms with E-state index in [4.69, 9.17) is 16.3 Å². The smallest absolute Gasteiger partial charge is 0.271 e. The minimum Gasteiger partial charge on any atom is -0.457 e. The Bertz CT molecular complexity index is 1060. The van der Waals surface area contributed by atoms with Crippen molar-refractivity contribution in [2.75, 3.05) is 12.3 Å². The minimum absolute atomic E-state index is 0.0716. The van der Waals surface area contributed by atoms with Gasteiger partial charge in [-0.1, -0.05) is 23.7 Å². The fraction of sp³-hybridized carbons (Fsp3) is 0.217. The van der Waals surface area contributed by atoms with Crippen molar-refractivity contribution in [1.29, 1.82) is 0 Å². The van der Waals surface area contributed by atoms with Crippen LogP contribution in [0.25, 0.3) is 0 Å². The minimum atomic E-state index is -0.319. The molecule has 32 heavy (non-hydrogen) atoms. The lowest BCUT2D eigenvalue weighted by Crippen LogP contribution is -2.44. The van der Waals surface area contributed by atoms with Crippen LogP contribution in [-0.4, -0.2) is 40.4 Å². The molecule has 1 saturated heterocycles. The van der Waals surface area contributed by atoms with Crippen LogP contribution < -0.4 is 15.4 Å². The molecule has 9 heteroatoms. The third-order valence-corrected chi connectivity index (χ3v) is 6.42. The van der Waals surface area contributed by atoms with Crippen molar-refractivity contribution in [3.05, 3.63) is 83.1 Å². The van der Waals surface area contributed by atoms with Gasteiger partial charge in [-0.3, -0.25) is 9.59 Å². The summed E-state index contributed by atoms with van der Waals surface area (Å²) in [4.78, 5) is 25.0. The molecule has 0 aliphatic carbocycles. The Morgan fingerprint density at radius 1 is 1.12 bits per heavy atom. The fourth-order valence-corrected chi connectivity index (χ4v) is 4.58. The Labute approximate surface area is 194 Å². The molecule has 1 fully saturated rings. The van der Waals surface area contributed by atoms with Gasteiger partial charge >= 0.3 is 0 Å². The first kappa shape index (κ1) is 22.1. The molecule has 1 aromatic heterocycles. The highest BCUT2D eigenvalue weighted by molar-refractivity contribution is 8.00. The lowest BCUT2D eigenvalue weighted by atomic mass is 10.1. The van der Waals surface area contributed by atoms with E-state index in [-0.39, 0.29) is 28.8 Å². The zero-order chi connectivity index (χ0) is 22.3. The average Bonchev–Trinajstić information content (AvgIpc) is 3.01. The van der Waals surface area contributed by atoms with Gasteiger partial charge in [-0.25, -0.2) is 0 Å². The SMILES string of the molecule is O=C(NC[C@@H]1CCS[C@H](c2ccc(Oc3ccc(Cl)cc3)cc2)C(=O)N1)c1cccnn1. The van der Waals surface area contributed by atoms with Crippen LogP contribution in [0.3, 0.4) is 0 Å². The molecule has 7 nitrogen and oxygen atoms in total. The summed E-state index contributed by atoms with van der Waals surface area (Å²) in [5.74, 6) is 1.78.